The van der Waals surface area contributed by atoms with E-state index in [4.69, 9.17) is 9.73 Å². The number of hydrogen-bond acceptors (Lipinski definition) is 4. The molecule has 0 aliphatic carbocycles. The standard InChI is InChI=1S/C22H31N5O/c1-3-23-22(25-12-9-19-7-5-4-6-8-19)26-16-20-10-11-24-21(15-20)27-13-14-28-18(2)17-27/h4-8,10-11,15,18H,3,9,12-14,16-17H2,1-2H3,(H2,23,25,26). The van der Waals surface area contributed by atoms with E-state index in [0.717, 1.165) is 56.5 Å². The normalized spacial score (nSPS) is 17.4. The van der Waals surface area contributed by atoms with Gasteiger partial charge in [-0.05, 0) is 43.5 Å². The van der Waals surface area contributed by atoms with Crippen LogP contribution in [0.3, 0.4) is 0 Å². The summed E-state index contributed by atoms with van der Waals surface area (Å²) < 4.78 is 5.63. The molecule has 6 heteroatoms. The van der Waals surface area contributed by atoms with Crippen LogP contribution in [0.2, 0.25) is 0 Å². The molecule has 1 aliphatic rings. The van der Waals surface area contributed by atoms with E-state index in [-0.39, 0.29) is 6.10 Å². The molecular weight excluding hydrogens is 350 g/mol. The van der Waals surface area contributed by atoms with Gasteiger partial charge >= 0.3 is 0 Å². The fourth-order valence-electron chi connectivity index (χ4n) is 3.24. The molecule has 1 aromatic heterocycles. The maximum atomic E-state index is 5.63. The molecule has 3 rings (SSSR count). The second kappa shape index (κ2) is 10.7. The summed E-state index contributed by atoms with van der Waals surface area (Å²) in [6.45, 7) is 9.00. The smallest absolute Gasteiger partial charge is 0.191 e. The lowest BCUT2D eigenvalue weighted by Crippen LogP contribution is -2.41. The molecule has 0 amide bonds. The molecule has 1 saturated heterocycles. The predicted molar refractivity (Wildman–Crippen MR) is 115 cm³/mol. The lowest BCUT2D eigenvalue weighted by Gasteiger charge is -2.32. The van der Waals surface area contributed by atoms with Crippen LogP contribution in [0.4, 0.5) is 5.82 Å². The van der Waals surface area contributed by atoms with Gasteiger partial charge in [-0.15, -0.1) is 0 Å². The average molecular weight is 382 g/mol. The minimum atomic E-state index is 0.242. The average Bonchev–Trinajstić information content (AvgIpc) is 2.73. The molecule has 2 aromatic rings. The van der Waals surface area contributed by atoms with Gasteiger partial charge in [-0.2, -0.15) is 0 Å². The Bertz CT molecular complexity index is 750. The highest BCUT2D eigenvalue weighted by Crippen LogP contribution is 2.16. The lowest BCUT2D eigenvalue weighted by atomic mass is 10.1. The van der Waals surface area contributed by atoms with Gasteiger partial charge in [-0.3, -0.25) is 0 Å². The highest BCUT2D eigenvalue weighted by atomic mass is 16.5. The van der Waals surface area contributed by atoms with E-state index >= 15 is 0 Å². The van der Waals surface area contributed by atoms with Gasteiger partial charge in [0.1, 0.15) is 5.82 Å². The van der Waals surface area contributed by atoms with Crippen LogP contribution in [-0.2, 0) is 17.7 Å². The van der Waals surface area contributed by atoms with Crippen LogP contribution in [0, 0.1) is 0 Å². The van der Waals surface area contributed by atoms with Crippen LogP contribution in [0.5, 0.6) is 0 Å². The second-order valence-electron chi connectivity index (χ2n) is 7.01. The molecule has 6 nitrogen and oxygen atoms in total. The van der Waals surface area contributed by atoms with E-state index in [2.05, 4.69) is 64.7 Å². The van der Waals surface area contributed by atoms with Crippen molar-refractivity contribution in [2.24, 2.45) is 4.99 Å². The van der Waals surface area contributed by atoms with Gasteiger partial charge in [0.15, 0.2) is 5.96 Å². The Morgan fingerprint density at radius 2 is 2.07 bits per heavy atom. The predicted octanol–water partition coefficient (Wildman–Crippen LogP) is 2.60. The Hall–Kier alpha value is -2.60. The molecule has 28 heavy (non-hydrogen) atoms. The molecule has 0 spiro atoms. The second-order valence-corrected chi connectivity index (χ2v) is 7.01. The monoisotopic (exact) mass is 381 g/mol. The first-order valence-corrected chi connectivity index (χ1v) is 10.1. The Morgan fingerprint density at radius 3 is 2.86 bits per heavy atom. The maximum Gasteiger partial charge on any atom is 0.191 e. The van der Waals surface area contributed by atoms with Gasteiger partial charge in [0.05, 0.1) is 19.3 Å². The van der Waals surface area contributed by atoms with E-state index in [9.17, 15) is 0 Å². The van der Waals surface area contributed by atoms with Crippen molar-refractivity contribution in [3.8, 4) is 0 Å². The molecule has 1 atom stereocenters. The topological polar surface area (TPSA) is 61.8 Å². The highest BCUT2D eigenvalue weighted by Gasteiger charge is 2.17. The Balaban J connectivity index is 1.57. The Labute approximate surface area is 168 Å². The first-order chi connectivity index (χ1) is 13.7. The zero-order valence-electron chi connectivity index (χ0n) is 16.9. The van der Waals surface area contributed by atoms with E-state index < -0.39 is 0 Å². The van der Waals surface area contributed by atoms with Crippen molar-refractivity contribution in [3.05, 3.63) is 59.8 Å². The van der Waals surface area contributed by atoms with Crippen molar-refractivity contribution in [2.45, 2.75) is 32.9 Å². The molecule has 2 N–H and O–H groups in total. The number of ether oxygens (including phenoxy) is 1. The fourth-order valence-corrected chi connectivity index (χ4v) is 3.24. The largest absolute Gasteiger partial charge is 0.375 e. The van der Waals surface area contributed by atoms with Crippen molar-refractivity contribution >= 4 is 11.8 Å². The Kier molecular flexibility index (Phi) is 7.67. The van der Waals surface area contributed by atoms with Crippen molar-refractivity contribution < 1.29 is 4.74 Å². The summed E-state index contributed by atoms with van der Waals surface area (Å²) in [5.74, 6) is 1.85. The third-order valence-corrected chi connectivity index (χ3v) is 4.69. The number of guanidine groups is 1. The third kappa shape index (κ3) is 6.23. The number of nitrogens with zero attached hydrogens (tertiary/aromatic N) is 3. The van der Waals surface area contributed by atoms with Crippen LogP contribution in [0.25, 0.3) is 0 Å². The number of hydrogen-bond donors (Lipinski definition) is 2. The number of morpholine rings is 1. The summed E-state index contributed by atoms with van der Waals surface area (Å²) in [6, 6.07) is 14.7. The van der Waals surface area contributed by atoms with E-state index in [1.165, 1.54) is 5.56 Å². The van der Waals surface area contributed by atoms with Crippen LogP contribution in [-0.4, -0.2) is 49.8 Å². The zero-order valence-corrected chi connectivity index (χ0v) is 16.9. The van der Waals surface area contributed by atoms with Gasteiger partial charge in [0.2, 0.25) is 0 Å². The van der Waals surface area contributed by atoms with Gasteiger partial charge in [0, 0.05) is 32.4 Å². The first-order valence-electron chi connectivity index (χ1n) is 10.1. The molecule has 0 bridgehead atoms. The lowest BCUT2D eigenvalue weighted by molar-refractivity contribution is 0.0529. The molecule has 150 valence electrons. The van der Waals surface area contributed by atoms with Crippen LogP contribution in [0.15, 0.2) is 53.7 Å². The van der Waals surface area contributed by atoms with Gasteiger partial charge in [-0.1, -0.05) is 30.3 Å². The van der Waals surface area contributed by atoms with Gasteiger partial charge in [-0.25, -0.2) is 9.98 Å². The third-order valence-electron chi connectivity index (χ3n) is 4.69. The van der Waals surface area contributed by atoms with Crippen LogP contribution in [0.1, 0.15) is 25.0 Å². The fraction of sp³-hybridized carbons (Fsp3) is 0.455. The minimum Gasteiger partial charge on any atom is -0.375 e. The number of aromatic nitrogens is 1. The molecular formula is C22H31N5O. The quantitative estimate of drug-likeness (QED) is 0.570. The molecule has 2 heterocycles. The first kappa shape index (κ1) is 20.1. The molecule has 1 aromatic carbocycles. The Morgan fingerprint density at radius 1 is 1.21 bits per heavy atom. The minimum absolute atomic E-state index is 0.242. The van der Waals surface area contributed by atoms with E-state index in [1.807, 2.05) is 18.3 Å². The number of pyridine rings is 1. The van der Waals surface area contributed by atoms with E-state index in [0.29, 0.717) is 6.54 Å². The SMILES string of the molecule is CCNC(=NCc1ccnc(N2CCOC(C)C2)c1)NCCc1ccccc1. The summed E-state index contributed by atoms with van der Waals surface area (Å²) >= 11 is 0. The summed E-state index contributed by atoms with van der Waals surface area (Å²) in [5, 5.41) is 6.74. The summed E-state index contributed by atoms with van der Waals surface area (Å²) in [5.41, 5.74) is 2.48. The summed E-state index contributed by atoms with van der Waals surface area (Å²) in [4.78, 5) is 11.6. The summed E-state index contributed by atoms with van der Waals surface area (Å²) in [6.07, 6.45) is 3.09. The van der Waals surface area contributed by atoms with Crippen molar-refractivity contribution in [1.82, 2.24) is 15.6 Å². The van der Waals surface area contributed by atoms with Crippen LogP contribution < -0.4 is 15.5 Å². The maximum absolute atomic E-state index is 5.63. The molecule has 1 fully saturated rings. The summed E-state index contributed by atoms with van der Waals surface area (Å²) in [7, 11) is 0. The number of rotatable bonds is 7. The van der Waals surface area contributed by atoms with Gasteiger partial charge < -0.3 is 20.3 Å². The number of aliphatic imine (C=N–C) groups is 1. The molecule has 0 radical (unpaired) electrons. The van der Waals surface area contributed by atoms with E-state index in [1.54, 1.807) is 0 Å². The highest BCUT2D eigenvalue weighted by molar-refractivity contribution is 5.79. The molecule has 0 saturated carbocycles. The van der Waals surface area contributed by atoms with Crippen molar-refractivity contribution in [2.75, 3.05) is 37.7 Å². The molecule has 1 unspecified atom stereocenters. The zero-order chi connectivity index (χ0) is 19.6. The van der Waals surface area contributed by atoms with Crippen LogP contribution >= 0.6 is 0 Å². The number of benzene rings is 1. The number of anilines is 1. The van der Waals surface area contributed by atoms with Crippen molar-refractivity contribution in [1.29, 1.82) is 0 Å². The van der Waals surface area contributed by atoms with Gasteiger partial charge in [0.25, 0.3) is 0 Å². The van der Waals surface area contributed by atoms with Crippen molar-refractivity contribution in [3.63, 3.8) is 0 Å². The number of nitrogens with one attached hydrogen (secondary N) is 2. The molecule has 1 aliphatic heterocycles.